The van der Waals surface area contributed by atoms with Crippen molar-refractivity contribution in [3.8, 4) is 0 Å². The number of carbonyl (C=O) groups excluding carboxylic acids is 1. The highest BCUT2D eigenvalue weighted by Gasteiger charge is 2.26. The van der Waals surface area contributed by atoms with E-state index < -0.39 is 0 Å². The second-order valence-electron chi connectivity index (χ2n) is 6.69. The fourth-order valence-corrected chi connectivity index (χ4v) is 4.23. The summed E-state index contributed by atoms with van der Waals surface area (Å²) in [5.74, 6) is 0.00118. The van der Waals surface area contributed by atoms with Gasteiger partial charge in [0, 0.05) is 25.5 Å². The van der Waals surface area contributed by atoms with E-state index in [-0.39, 0.29) is 24.1 Å². The summed E-state index contributed by atoms with van der Waals surface area (Å²) in [6, 6.07) is 4.15. The first-order valence-corrected chi connectivity index (χ1v) is 10.0. The van der Waals surface area contributed by atoms with Gasteiger partial charge in [-0.2, -0.15) is 0 Å². The molecule has 2 aromatic heterocycles. The molecule has 1 aromatic carbocycles. The maximum atomic E-state index is 13.1. The van der Waals surface area contributed by atoms with Crippen LogP contribution < -0.4 is 4.90 Å². The van der Waals surface area contributed by atoms with Gasteiger partial charge >= 0.3 is 0 Å². The number of hydrogen-bond donors (Lipinski definition) is 0. The molecule has 0 saturated heterocycles. The summed E-state index contributed by atoms with van der Waals surface area (Å²) >= 11 is 1.54. The number of carbonyl (C=O) groups is 1. The third-order valence-corrected chi connectivity index (χ3v) is 5.84. The molecule has 0 spiro atoms. The molecule has 3 aromatic rings. The lowest BCUT2D eigenvalue weighted by Gasteiger charge is -2.23. The maximum absolute atomic E-state index is 13.1. The van der Waals surface area contributed by atoms with Crippen molar-refractivity contribution in [1.29, 1.82) is 0 Å². The highest BCUT2D eigenvalue weighted by atomic mass is 35.5. The number of anilines is 1. The standard InChI is InChI=1S/C20H22N4O3S.ClH/c1-14-4-5-15(2)18-17(14)22-20(28-18)24(8-3-7-23-9-6-21-13-23)19(25)16-12-26-10-11-27-16;/h4-6,9,12-13H,3,7-8,10-11H2,1-2H3;1H. The molecular formula is C20H23ClN4O3S. The monoisotopic (exact) mass is 434 g/mol. The summed E-state index contributed by atoms with van der Waals surface area (Å²) in [6.07, 6.45) is 7.61. The number of aryl methyl sites for hydroxylation is 3. The third kappa shape index (κ3) is 4.54. The fraction of sp³-hybridized carbons (Fsp3) is 0.350. The number of nitrogens with zero attached hydrogens (tertiary/aromatic N) is 4. The Morgan fingerprint density at radius 2 is 2.10 bits per heavy atom. The van der Waals surface area contributed by atoms with Crippen LogP contribution in [-0.4, -0.2) is 40.2 Å². The number of halogens is 1. The lowest BCUT2D eigenvalue weighted by Crippen LogP contribution is -2.35. The molecule has 0 bridgehead atoms. The fourth-order valence-electron chi connectivity index (χ4n) is 3.09. The van der Waals surface area contributed by atoms with Crippen molar-refractivity contribution < 1.29 is 14.3 Å². The molecule has 0 atom stereocenters. The number of aromatic nitrogens is 3. The van der Waals surface area contributed by atoms with Crippen LogP contribution in [0.2, 0.25) is 0 Å². The van der Waals surface area contributed by atoms with Crippen molar-refractivity contribution >= 4 is 45.0 Å². The molecule has 0 N–H and O–H groups in total. The Labute approximate surface area is 179 Å². The Morgan fingerprint density at radius 3 is 2.79 bits per heavy atom. The Balaban J connectivity index is 0.00000240. The van der Waals surface area contributed by atoms with Crippen LogP contribution in [0.15, 0.2) is 42.9 Å². The predicted molar refractivity (Wildman–Crippen MR) is 116 cm³/mol. The SMILES string of the molecule is Cc1ccc(C)c2sc(N(CCCn3ccnc3)C(=O)C3=COCCO3)nc12.Cl. The minimum atomic E-state index is -0.223. The van der Waals surface area contributed by atoms with Crippen LogP contribution in [0.4, 0.5) is 5.13 Å². The maximum Gasteiger partial charge on any atom is 0.298 e. The Bertz CT molecular complexity index is 977. The van der Waals surface area contributed by atoms with E-state index in [1.165, 1.54) is 17.6 Å². The van der Waals surface area contributed by atoms with E-state index in [0.29, 0.717) is 24.9 Å². The van der Waals surface area contributed by atoms with E-state index in [4.69, 9.17) is 14.5 Å². The molecule has 0 saturated carbocycles. The van der Waals surface area contributed by atoms with Crippen LogP contribution in [0.25, 0.3) is 10.2 Å². The summed E-state index contributed by atoms with van der Waals surface area (Å²) in [7, 11) is 0. The van der Waals surface area contributed by atoms with Gasteiger partial charge in [-0.3, -0.25) is 9.69 Å². The number of ether oxygens (including phenoxy) is 2. The van der Waals surface area contributed by atoms with E-state index in [2.05, 4.69) is 24.0 Å². The minimum Gasteiger partial charge on any atom is -0.494 e. The molecule has 29 heavy (non-hydrogen) atoms. The molecule has 4 rings (SSSR count). The lowest BCUT2D eigenvalue weighted by atomic mass is 10.1. The van der Waals surface area contributed by atoms with Crippen molar-refractivity contribution in [2.45, 2.75) is 26.8 Å². The molecule has 0 unspecified atom stereocenters. The average molecular weight is 435 g/mol. The zero-order valence-electron chi connectivity index (χ0n) is 16.3. The summed E-state index contributed by atoms with van der Waals surface area (Å²) in [4.78, 5) is 23.7. The smallest absolute Gasteiger partial charge is 0.298 e. The Morgan fingerprint density at radius 1 is 1.28 bits per heavy atom. The second-order valence-corrected chi connectivity index (χ2v) is 7.66. The lowest BCUT2D eigenvalue weighted by molar-refractivity contribution is -0.119. The largest absolute Gasteiger partial charge is 0.494 e. The molecule has 9 heteroatoms. The molecule has 0 aliphatic carbocycles. The Hall–Kier alpha value is -2.58. The van der Waals surface area contributed by atoms with Gasteiger partial charge in [-0.25, -0.2) is 9.97 Å². The van der Waals surface area contributed by atoms with Crippen molar-refractivity contribution in [1.82, 2.24) is 14.5 Å². The van der Waals surface area contributed by atoms with Crippen molar-refractivity contribution in [3.63, 3.8) is 0 Å². The van der Waals surface area contributed by atoms with Gasteiger partial charge < -0.3 is 14.0 Å². The highest BCUT2D eigenvalue weighted by Crippen LogP contribution is 2.34. The first-order chi connectivity index (χ1) is 13.6. The van der Waals surface area contributed by atoms with Crippen molar-refractivity contribution in [2.24, 2.45) is 0 Å². The van der Waals surface area contributed by atoms with Crippen LogP contribution in [0, 0.1) is 13.8 Å². The van der Waals surface area contributed by atoms with Crippen LogP contribution in [0.3, 0.4) is 0 Å². The zero-order valence-corrected chi connectivity index (χ0v) is 18.0. The van der Waals surface area contributed by atoms with E-state index in [1.54, 1.807) is 17.4 Å². The summed E-state index contributed by atoms with van der Waals surface area (Å²) < 4.78 is 13.9. The van der Waals surface area contributed by atoms with E-state index in [1.807, 2.05) is 17.7 Å². The van der Waals surface area contributed by atoms with Gasteiger partial charge in [0.25, 0.3) is 5.91 Å². The summed E-state index contributed by atoms with van der Waals surface area (Å²) in [5, 5.41) is 0.679. The van der Waals surface area contributed by atoms with Crippen LogP contribution in [0.5, 0.6) is 0 Å². The number of imidazole rings is 1. The van der Waals surface area contributed by atoms with Crippen LogP contribution >= 0.6 is 23.7 Å². The van der Waals surface area contributed by atoms with E-state index in [9.17, 15) is 4.79 Å². The predicted octanol–water partition coefficient (Wildman–Crippen LogP) is 3.84. The Kier molecular flexibility index (Phi) is 6.76. The molecule has 154 valence electrons. The van der Waals surface area contributed by atoms with Crippen LogP contribution in [-0.2, 0) is 20.8 Å². The van der Waals surface area contributed by atoms with Crippen molar-refractivity contribution in [3.05, 3.63) is 54.0 Å². The van der Waals surface area contributed by atoms with E-state index in [0.717, 1.165) is 34.3 Å². The molecule has 0 radical (unpaired) electrons. The third-order valence-electron chi connectivity index (χ3n) is 4.62. The molecular weight excluding hydrogens is 412 g/mol. The van der Waals surface area contributed by atoms with Gasteiger partial charge in [0.1, 0.15) is 19.5 Å². The number of amides is 1. The summed E-state index contributed by atoms with van der Waals surface area (Å²) in [6.45, 7) is 6.22. The van der Waals surface area contributed by atoms with Crippen molar-refractivity contribution in [2.75, 3.05) is 24.7 Å². The first kappa shape index (κ1) is 21.1. The molecule has 0 fully saturated rings. The average Bonchev–Trinajstić information content (AvgIpc) is 3.39. The molecule has 7 nitrogen and oxygen atoms in total. The minimum absolute atomic E-state index is 0. The van der Waals surface area contributed by atoms with Gasteiger partial charge in [-0.1, -0.05) is 23.5 Å². The van der Waals surface area contributed by atoms with Gasteiger partial charge in [-0.05, 0) is 31.4 Å². The number of rotatable bonds is 6. The quantitative estimate of drug-likeness (QED) is 0.589. The molecule has 1 aliphatic heterocycles. The molecule has 1 amide bonds. The van der Waals surface area contributed by atoms with Gasteiger partial charge in [0.05, 0.1) is 16.5 Å². The zero-order chi connectivity index (χ0) is 19.5. The number of thiazole rings is 1. The normalized spacial score (nSPS) is 13.2. The molecule has 3 heterocycles. The van der Waals surface area contributed by atoms with Gasteiger partial charge in [0.15, 0.2) is 5.13 Å². The van der Waals surface area contributed by atoms with Gasteiger partial charge in [0.2, 0.25) is 5.76 Å². The topological polar surface area (TPSA) is 69.5 Å². The molecule has 1 aliphatic rings. The second kappa shape index (κ2) is 9.28. The summed E-state index contributed by atoms with van der Waals surface area (Å²) in [5.41, 5.74) is 3.21. The number of hydrogen-bond acceptors (Lipinski definition) is 6. The first-order valence-electron chi connectivity index (χ1n) is 9.22. The van der Waals surface area contributed by atoms with E-state index >= 15 is 0 Å². The number of fused-ring (bicyclic) bond motifs is 1. The van der Waals surface area contributed by atoms with Gasteiger partial charge in [-0.15, -0.1) is 12.4 Å². The highest BCUT2D eigenvalue weighted by molar-refractivity contribution is 7.22. The van der Waals surface area contributed by atoms with Crippen LogP contribution in [0.1, 0.15) is 17.5 Å². The number of benzene rings is 1.